The van der Waals surface area contributed by atoms with E-state index in [4.69, 9.17) is 11.5 Å². The highest BCUT2D eigenvalue weighted by Gasteiger charge is 2.33. The molecule has 0 spiro atoms. The van der Waals surface area contributed by atoms with Crippen LogP contribution in [0.3, 0.4) is 0 Å². The average Bonchev–Trinajstić information content (AvgIpc) is 3.16. The highest BCUT2D eigenvalue weighted by atomic mass is 32.2. The Morgan fingerprint density at radius 1 is 0.586 bits per heavy atom. The summed E-state index contributed by atoms with van der Waals surface area (Å²) in [5.74, 6) is -4.12. The Kier molecular flexibility index (Phi) is 21.7. The first-order valence-corrected chi connectivity index (χ1v) is 21.1. The molecule has 2 rings (SSSR count). The summed E-state index contributed by atoms with van der Waals surface area (Å²) in [6.07, 6.45) is 3.74. The molecule has 0 heterocycles. The molecule has 6 unspecified atom stereocenters. The van der Waals surface area contributed by atoms with Gasteiger partial charge in [0.2, 0.25) is 29.5 Å². The van der Waals surface area contributed by atoms with Crippen molar-refractivity contribution in [3.8, 4) is 11.5 Å². The Labute approximate surface area is 345 Å². The van der Waals surface area contributed by atoms with Crippen molar-refractivity contribution in [1.82, 2.24) is 26.6 Å². The fourth-order valence-electron chi connectivity index (χ4n) is 6.08. The lowest BCUT2D eigenvalue weighted by Gasteiger charge is -2.28. The molecule has 0 fully saturated rings. The van der Waals surface area contributed by atoms with Gasteiger partial charge in [-0.15, -0.1) is 0 Å². The third kappa shape index (κ3) is 18.2. The van der Waals surface area contributed by atoms with Crippen molar-refractivity contribution in [2.75, 3.05) is 18.6 Å². The number of hydrogen-bond donors (Lipinski definition) is 10. The number of carbonyl (C=O) groups excluding carboxylic acids is 5. The van der Waals surface area contributed by atoms with Gasteiger partial charge in [0.25, 0.3) is 0 Å². The first-order valence-electron chi connectivity index (χ1n) is 19.7. The van der Waals surface area contributed by atoms with Crippen LogP contribution in [0, 0.1) is 11.8 Å². The van der Waals surface area contributed by atoms with Gasteiger partial charge in [0.05, 0.1) is 6.04 Å². The Balaban J connectivity index is 2.35. The third-order valence-corrected chi connectivity index (χ3v) is 9.87. The van der Waals surface area contributed by atoms with E-state index in [-0.39, 0.29) is 61.9 Å². The molecule has 16 nitrogen and oxygen atoms in total. The Morgan fingerprint density at radius 3 is 1.45 bits per heavy atom. The standard InChI is InChI=1S/C41H63N7O9S/c1-24(2)20-33(38(53)45-32(41(56)57)8-6-7-18-42)46-39(54)34(21-25(3)4)47-40(55)35(23-27-11-15-29(50)16-12-27)48-37(52)31(17-19-58-5)44-36(51)30(43)22-26-9-13-28(49)14-10-26/h9-16,24-25,30-35,49-50H,6-8,17-23,42-43H2,1-5H3,(H,44,51)(H,45,53)(H,46,54)(H,47,55)(H,48,52)(H,56,57). The molecule has 5 amide bonds. The summed E-state index contributed by atoms with van der Waals surface area (Å²) in [5.41, 5.74) is 13.0. The molecular weight excluding hydrogens is 767 g/mol. The molecule has 2 aromatic carbocycles. The van der Waals surface area contributed by atoms with Crippen LogP contribution in [0.4, 0.5) is 0 Å². The number of nitrogens with two attached hydrogens (primary N) is 2. The molecule has 0 aromatic heterocycles. The van der Waals surface area contributed by atoms with Gasteiger partial charge in [-0.3, -0.25) is 24.0 Å². The van der Waals surface area contributed by atoms with E-state index in [1.54, 1.807) is 24.3 Å². The number of rotatable bonds is 26. The minimum atomic E-state index is -1.25. The summed E-state index contributed by atoms with van der Waals surface area (Å²) in [6, 6.07) is 5.50. The number of carbonyl (C=O) groups is 6. The number of carboxylic acid groups (broad SMARTS) is 1. The summed E-state index contributed by atoms with van der Waals surface area (Å²) in [4.78, 5) is 80.6. The summed E-state index contributed by atoms with van der Waals surface area (Å²) in [7, 11) is 0. The van der Waals surface area contributed by atoms with E-state index in [0.29, 0.717) is 36.3 Å². The number of phenols is 2. The smallest absolute Gasteiger partial charge is 0.326 e. The summed E-state index contributed by atoms with van der Waals surface area (Å²) >= 11 is 1.46. The van der Waals surface area contributed by atoms with Crippen LogP contribution < -0.4 is 38.1 Å². The zero-order valence-corrected chi connectivity index (χ0v) is 35.0. The summed E-state index contributed by atoms with van der Waals surface area (Å²) in [5, 5.41) is 42.7. The molecule has 12 N–H and O–H groups in total. The van der Waals surface area contributed by atoms with Crippen molar-refractivity contribution in [3.05, 3.63) is 59.7 Å². The maximum absolute atomic E-state index is 14.1. The average molecular weight is 830 g/mol. The highest BCUT2D eigenvalue weighted by Crippen LogP contribution is 2.15. The van der Waals surface area contributed by atoms with Gasteiger partial charge in [-0.1, -0.05) is 52.0 Å². The molecule has 0 radical (unpaired) electrons. The van der Waals surface area contributed by atoms with Gasteiger partial charge in [-0.05, 0) is 111 Å². The number of aromatic hydroxyl groups is 2. The van der Waals surface area contributed by atoms with Gasteiger partial charge in [0.15, 0.2) is 0 Å². The van der Waals surface area contributed by atoms with Crippen LogP contribution in [0.15, 0.2) is 48.5 Å². The fourth-order valence-corrected chi connectivity index (χ4v) is 6.56. The van der Waals surface area contributed by atoms with E-state index in [0.717, 1.165) is 0 Å². The normalized spacial score (nSPS) is 14.4. The molecule has 2 aromatic rings. The molecule has 0 saturated carbocycles. The lowest BCUT2D eigenvalue weighted by molar-refractivity contribution is -0.142. The molecule has 17 heteroatoms. The number of thioether (sulfide) groups is 1. The first kappa shape index (κ1) is 49.3. The van der Waals surface area contributed by atoms with Crippen LogP contribution in [-0.4, -0.2) is 106 Å². The SMILES string of the molecule is CSCCC(NC(=O)C(N)Cc1ccc(O)cc1)C(=O)NC(Cc1ccc(O)cc1)C(=O)NC(CC(C)C)C(=O)NC(CC(C)C)C(=O)NC(CCCCN)C(=O)O. The number of carboxylic acids is 1. The minimum absolute atomic E-state index is 0.00355. The lowest BCUT2D eigenvalue weighted by atomic mass is 9.98. The maximum Gasteiger partial charge on any atom is 0.326 e. The van der Waals surface area contributed by atoms with Crippen molar-refractivity contribution in [2.24, 2.45) is 23.3 Å². The van der Waals surface area contributed by atoms with E-state index in [1.165, 1.54) is 36.0 Å². The van der Waals surface area contributed by atoms with Gasteiger partial charge in [0.1, 0.15) is 41.7 Å². The van der Waals surface area contributed by atoms with Crippen molar-refractivity contribution >= 4 is 47.3 Å². The zero-order valence-electron chi connectivity index (χ0n) is 34.2. The van der Waals surface area contributed by atoms with Gasteiger partial charge in [-0.2, -0.15) is 11.8 Å². The quantitative estimate of drug-likeness (QED) is 0.0607. The first-order chi connectivity index (χ1) is 27.4. The second-order valence-electron chi connectivity index (χ2n) is 15.3. The molecule has 0 aliphatic heterocycles. The van der Waals surface area contributed by atoms with Crippen LogP contribution in [-0.2, 0) is 41.6 Å². The van der Waals surface area contributed by atoms with Crippen LogP contribution in [0.5, 0.6) is 11.5 Å². The number of hydrogen-bond acceptors (Lipinski definition) is 11. The molecule has 6 atom stereocenters. The van der Waals surface area contributed by atoms with Gasteiger partial charge in [-0.25, -0.2) is 4.79 Å². The van der Waals surface area contributed by atoms with Crippen LogP contribution in [0.1, 0.15) is 77.3 Å². The van der Waals surface area contributed by atoms with Crippen molar-refractivity contribution in [1.29, 1.82) is 0 Å². The van der Waals surface area contributed by atoms with Crippen LogP contribution in [0.2, 0.25) is 0 Å². The van der Waals surface area contributed by atoms with Crippen molar-refractivity contribution < 1.29 is 44.1 Å². The van der Waals surface area contributed by atoms with Gasteiger partial charge >= 0.3 is 5.97 Å². The largest absolute Gasteiger partial charge is 0.508 e. The number of amides is 5. The van der Waals surface area contributed by atoms with Crippen molar-refractivity contribution in [2.45, 2.75) is 115 Å². The zero-order chi connectivity index (χ0) is 43.4. The monoisotopic (exact) mass is 829 g/mol. The lowest BCUT2D eigenvalue weighted by Crippen LogP contribution is -2.60. The number of phenolic OH excluding ortho intramolecular Hbond substituents is 2. The topological polar surface area (TPSA) is 275 Å². The Hall–Kier alpha value is -4.87. The number of nitrogens with one attached hydrogen (secondary N) is 5. The van der Waals surface area contributed by atoms with Gasteiger partial charge < -0.3 is 53.4 Å². The number of benzene rings is 2. The number of aliphatic carboxylic acids is 1. The second kappa shape index (κ2) is 25.5. The van der Waals surface area contributed by atoms with Crippen molar-refractivity contribution in [3.63, 3.8) is 0 Å². The Bertz CT molecular complexity index is 1630. The fraction of sp³-hybridized carbons (Fsp3) is 0.561. The molecular formula is C41H63N7O9S. The maximum atomic E-state index is 14.1. The molecule has 58 heavy (non-hydrogen) atoms. The van der Waals surface area contributed by atoms with Crippen LogP contribution in [0.25, 0.3) is 0 Å². The molecule has 322 valence electrons. The van der Waals surface area contributed by atoms with E-state index < -0.39 is 71.8 Å². The third-order valence-electron chi connectivity index (χ3n) is 9.22. The van der Waals surface area contributed by atoms with E-state index in [1.807, 2.05) is 34.0 Å². The number of unbranched alkanes of at least 4 members (excludes halogenated alkanes) is 1. The minimum Gasteiger partial charge on any atom is -0.508 e. The predicted molar refractivity (Wildman–Crippen MR) is 224 cm³/mol. The van der Waals surface area contributed by atoms with Crippen LogP contribution >= 0.6 is 11.8 Å². The molecule has 0 bridgehead atoms. The molecule has 0 saturated heterocycles. The predicted octanol–water partition coefficient (Wildman–Crippen LogP) is 1.69. The highest BCUT2D eigenvalue weighted by molar-refractivity contribution is 7.98. The molecule has 0 aliphatic rings. The van der Waals surface area contributed by atoms with Gasteiger partial charge in [0, 0.05) is 6.42 Å². The molecule has 0 aliphatic carbocycles. The summed E-state index contributed by atoms with van der Waals surface area (Å²) in [6.45, 7) is 7.78. The van der Waals surface area contributed by atoms with E-state index in [9.17, 15) is 44.1 Å². The van der Waals surface area contributed by atoms with E-state index in [2.05, 4.69) is 26.6 Å². The van der Waals surface area contributed by atoms with E-state index >= 15 is 0 Å². The second-order valence-corrected chi connectivity index (χ2v) is 16.3. The summed E-state index contributed by atoms with van der Waals surface area (Å²) < 4.78 is 0. The Morgan fingerprint density at radius 2 is 1.00 bits per heavy atom.